The van der Waals surface area contributed by atoms with Crippen LogP contribution in [0.25, 0.3) is 0 Å². The van der Waals surface area contributed by atoms with Crippen molar-refractivity contribution in [2.75, 3.05) is 19.1 Å². The Morgan fingerprint density at radius 2 is 1.83 bits per heavy atom. The quantitative estimate of drug-likeness (QED) is 0.591. The van der Waals surface area contributed by atoms with Crippen molar-refractivity contribution in [2.24, 2.45) is 0 Å². The molecular formula is C10H23NS. The van der Waals surface area contributed by atoms with E-state index in [0.717, 1.165) is 6.04 Å². The lowest BCUT2D eigenvalue weighted by atomic mass is 10.1. The first kappa shape index (κ1) is 12.3. The third kappa shape index (κ3) is 5.04. The summed E-state index contributed by atoms with van der Waals surface area (Å²) in [7, 11) is 2.22. The number of rotatable bonds is 6. The van der Waals surface area contributed by atoms with E-state index in [2.05, 4.69) is 39.0 Å². The van der Waals surface area contributed by atoms with Crippen LogP contribution in [0.1, 0.15) is 33.6 Å². The molecule has 0 N–H and O–H groups in total. The van der Waals surface area contributed by atoms with Crippen molar-refractivity contribution in [3.63, 3.8) is 0 Å². The first-order chi connectivity index (χ1) is 5.59. The Labute approximate surface area is 81.9 Å². The summed E-state index contributed by atoms with van der Waals surface area (Å²) in [6, 6.07) is 1.41. The molecule has 0 saturated heterocycles. The second-order valence-corrected chi connectivity index (χ2v) is 4.73. The van der Waals surface area contributed by atoms with Crippen LogP contribution < -0.4 is 0 Å². The molecule has 12 heavy (non-hydrogen) atoms. The maximum atomic E-state index is 2.44. The van der Waals surface area contributed by atoms with Gasteiger partial charge in [-0.1, -0.05) is 0 Å². The fraction of sp³-hybridized carbons (Fsp3) is 1.00. The molecule has 0 radical (unpaired) electrons. The molecule has 0 aliphatic rings. The monoisotopic (exact) mass is 189 g/mol. The maximum Gasteiger partial charge on any atom is 0.00668 e. The molecule has 0 bridgehead atoms. The minimum atomic E-state index is 0.675. The summed E-state index contributed by atoms with van der Waals surface area (Å²) in [4.78, 5) is 2.44. The van der Waals surface area contributed by atoms with Gasteiger partial charge in [-0.2, -0.15) is 11.8 Å². The van der Waals surface area contributed by atoms with Crippen molar-refractivity contribution in [1.82, 2.24) is 4.90 Å². The summed E-state index contributed by atoms with van der Waals surface area (Å²) in [5, 5.41) is 0. The van der Waals surface area contributed by atoms with Crippen LogP contribution in [0.3, 0.4) is 0 Å². The summed E-state index contributed by atoms with van der Waals surface area (Å²) in [6.45, 7) is 6.83. The highest BCUT2D eigenvalue weighted by atomic mass is 32.2. The summed E-state index contributed by atoms with van der Waals surface area (Å²) < 4.78 is 0. The topological polar surface area (TPSA) is 3.24 Å². The van der Waals surface area contributed by atoms with Gasteiger partial charge in [0, 0.05) is 12.1 Å². The van der Waals surface area contributed by atoms with Crippen LogP contribution in [-0.4, -0.2) is 36.0 Å². The average molecular weight is 189 g/mol. The van der Waals surface area contributed by atoms with E-state index in [1.54, 1.807) is 0 Å². The molecule has 0 aliphatic carbocycles. The maximum absolute atomic E-state index is 2.44. The summed E-state index contributed by atoms with van der Waals surface area (Å²) >= 11 is 1.95. The highest BCUT2D eigenvalue weighted by Crippen LogP contribution is 2.09. The fourth-order valence-corrected chi connectivity index (χ4v) is 1.69. The first-order valence-electron chi connectivity index (χ1n) is 4.80. The van der Waals surface area contributed by atoms with Gasteiger partial charge >= 0.3 is 0 Å². The van der Waals surface area contributed by atoms with E-state index < -0.39 is 0 Å². The van der Waals surface area contributed by atoms with Crippen molar-refractivity contribution < 1.29 is 0 Å². The molecule has 1 atom stereocenters. The zero-order valence-electron chi connectivity index (χ0n) is 9.13. The SMILES string of the molecule is CSCCCC(C)N(C)C(C)C. The van der Waals surface area contributed by atoms with Crippen LogP contribution in [0.15, 0.2) is 0 Å². The third-order valence-electron chi connectivity index (χ3n) is 2.48. The van der Waals surface area contributed by atoms with Gasteiger partial charge in [0.1, 0.15) is 0 Å². The van der Waals surface area contributed by atoms with Crippen molar-refractivity contribution in [2.45, 2.75) is 45.7 Å². The van der Waals surface area contributed by atoms with E-state index >= 15 is 0 Å². The number of hydrogen-bond donors (Lipinski definition) is 0. The number of hydrogen-bond acceptors (Lipinski definition) is 2. The Kier molecular flexibility index (Phi) is 6.96. The molecule has 0 saturated carbocycles. The minimum absolute atomic E-state index is 0.675. The molecule has 2 heteroatoms. The Bertz CT molecular complexity index is 104. The van der Waals surface area contributed by atoms with Crippen molar-refractivity contribution in [3.05, 3.63) is 0 Å². The molecule has 0 rings (SSSR count). The zero-order chi connectivity index (χ0) is 9.56. The van der Waals surface area contributed by atoms with Gasteiger partial charge in [-0.05, 0) is 52.7 Å². The van der Waals surface area contributed by atoms with Gasteiger partial charge in [0.25, 0.3) is 0 Å². The normalized spacial score (nSPS) is 14.2. The smallest absolute Gasteiger partial charge is 0.00668 e. The van der Waals surface area contributed by atoms with Crippen LogP contribution >= 0.6 is 11.8 Å². The van der Waals surface area contributed by atoms with Gasteiger partial charge < -0.3 is 4.90 Å². The molecule has 1 nitrogen and oxygen atoms in total. The fourth-order valence-electron chi connectivity index (χ4n) is 1.24. The summed E-state index contributed by atoms with van der Waals surface area (Å²) in [6.07, 6.45) is 4.85. The van der Waals surface area contributed by atoms with Crippen molar-refractivity contribution in [1.29, 1.82) is 0 Å². The van der Waals surface area contributed by atoms with Crippen LogP contribution in [0.4, 0.5) is 0 Å². The van der Waals surface area contributed by atoms with E-state index in [1.165, 1.54) is 18.6 Å². The molecule has 0 aromatic rings. The summed E-state index contributed by atoms with van der Waals surface area (Å²) in [5.41, 5.74) is 0. The van der Waals surface area contributed by atoms with Gasteiger partial charge in [-0.3, -0.25) is 0 Å². The van der Waals surface area contributed by atoms with Gasteiger partial charge in [0.05, 0.1) is 0 Å². The number of nitrogens with zero attached hydrogens (tertiary/aromatic N) is 1. The van der Waals surface area contributed by atoms with Gasteiger partial charge in [0.2, 0.25) is 0 Å². The molecule has 0 aromatic carbocycles. The van der Waals surface area contributed by atoms with E-state index in [-0.39, 0.29) is 0 Å². The molecular weight excluding hydrogens is 166 g/mol. The standard InChI is InChI=1S/C10H23NS/c1-9(2)11(4)10(3)7-6-8-12-5/h9-10H,6-8H2,1-5H3. The minimum Gasteiger partial charge on any atom is -0.301 e. The molecule has 0 fully saturated rings. The molecule has 74 valence electrons. The van der Waals surface area contributed by atoms with Crippen molar-refractivity contribution >= 4 is 11.8 Å². The Morgan fingerprint density at radius 1 is 1.25 bits per heavy atom. The van der Waals surface area contributed by atoms with Crippen LogP contribution in [0.2, 0.25) is 0 Å². The van der Waals surface area contributed by atoms with Crippen molar-refractivity contribution in [3.8, 4) is 0 Å². The van der Waals surface area contributed by atoms with E-state index in [1.807, 2.05) is 11.8 Å². The highest BCUT2D eigenvalue weighted by Gasteiger charge is 2.10. The largest absolute Gasteiger partial charge is 0.301 e. The van der Waals surface area contributed by atoms with Crippen LogP contribution in [0.5, 0.6) is 0 Å². The zero-order valence-corrected chi connectivity index (χ0v) is 9.95. The van der Waals surface area contributed by atoms with E-state index in [9.17, 15) is 0 Å². The second-order valence-electron chi connectivity index (χ2n) is 3.74. The van der Waals surface area contributed by atoms with Gasteiger partial charge in [-0.15, -0.1) is 0 Å². The van der Waals surface area contributed by atoms with Gasteiger partial charge in [-0.25, -0.2) is 0 Å². The predicted molar refractivity (Wildman–Crippen MR) is 60.0 cm³/mol. The lowest BCUT2D eigenvalue weighted by molar-refractivity contribution is 0.198. The first-order valence-corrected chi connectivity index (χ1v) is 6.19. The molecule has 0 heterocycles. The third-order valence-corrected chi connectivity index (χ3v) is 3.18. The van der Waals surface area contributed by atoms with E-state index in [4.69, 9.17) is 0 Å². The Balaban J connectivity index is 3.49. The van der Waals surface area contributed by atoms with E-state index in [0.29, 0.717) is 6.04 Å². The van der Waals surface area contributed by atoms with Crippen LogP contribution in [0, 0.1) is 0 Å². The molecule has 0 aromatic heterocycles. The predicted octanol–water partition coefficient (Wildman–Crippen LogP) is 2.86. The molecule has 0 amide bonds. The lowest BCUT2D eigenvalue weighted by Gasteiger charge is -2.28. The highest BCUT2D eigenvalue weighted by molar-refractivity contribution is 7.98. The Hall–Kier alpha value is 0.310. The van der Waals surface area contributed by atoms with Crippen LogP contribution in [-0.2, 0) is 0 Å². The lowest BCUT2D eigenvalue weighted by Crippen LogP contribution is -2.34. The summed E-state index contributed by atoms with van der Waals surface area (Å²) in [5.74, 6) is 1.30. The number of thioether (sulfide) groups is 1. The molecule has 0 spiro atoms. The molecule has 0 aliphatic heterocycles. The molecule has 1 unspecified atom stereocenters. The average Bonchev–Trinajstić information content (AvgIpc) is 2.03. The van der Waals surface area contributed by atoms with Gasteiger partial charge in [0.15, 0.2) is 0 Å². The Morgan fingerprint density at radius 3 is 2.25 bits per heavy atom. The second kappa shape index (κ2) is 6.79.